The van der Waals surface area contributed by atoms with Crippen molar-refractivity contribution in [1.29, 1.82) is 0 Å². The highest BCUT2D eigenvalue weighted by atomic mass is 16.4. The van der Waals surface area contributed by atoms with Gasteiger partial charge in [-0.25, -0.2) is 9.59 Å². The van der Waals surface area contributed by atoms with Gasteiger partial charge in [-0.15, -0.1) is 0 Å². The van der Waals surface area contributed by atoms with Crippen molar-refractivity contribution in [1.82, 2.24) is 10.6 Å². The van der Waals surface area contributed by atoms with Crippen molar-refractivity contribution in [2.75, 3.05) is 12.4 Å². The van der Waals surface area contributed by atoms with E-state index in [2.05, 4.69) is 10.6 Å². The third-order valence-corrected chi connectivity index (χ3v) is 3.25. The van der Waals surface area contributed by atoms with Crippen LogP contribution in [0.15, 0.2) is 18.2 Å². The maximum absolute atomic E-state index is 11.8. The van der Waals surface area contributed by atoms with Crippen LogP contribution in [0.3, 0.4) is 0 Å². The molecule has 0 saturated heterocycles. The minimum Gasteiger partial charge on any atom is -0.465 e. The quantitative estimate of drug-likeness (QED) is 0.652. The lowest BCUT2D eigenvalue weighted by Gasteiger charge is -2.11. The Labute approximate surface area is 115 Å². The topological polar surface area (TPSA) is 108 Å². The van der Waals surface area contributed by atoms with E-state index in [0.29, 0.717) is 18.5 Å². The monoisotopic (exact) mass is 277 g/mol. The predicted molar refractivity (Wildman–Crippen MR) is 71.7 cm³/mol. The molecule has 1 aromatic carbocycles. The zero-order valence-corrected chi connectivity index (χ0v) is 10.9. The fraction of sp³-hybridized carbons (Fsp3) is 0.308. The number of rotatable bonds is 2. The van der Waals surface area contributed by atoms with Gasteiger partial charge in [-0.2, -0.15) is 0 Å². The molecule has 0 radical (unpaired) electrons. The molecule has 0 aromatic heterocycles. The van der Waals surface area contributed by atoms with Gasteiger partial charge in [-0.05, 0) is 36.1 Å². The van der Waals surface area contributed by atoms with E-state index in [9.17, 15) is 14.4 Å². The Hall–Kier alpha value is -2.57. The van der Waals surface area contributed by atoms with E-state index in [1.165, 1.54) is 7.05 Å². The zero-order valence-electron chi connectivity index (χ0n) is 10.9. The molecule has 1 aromatic rings. The SMILES string of the molecule is CNC(=O)Nc1ccc2c(c1)CC[C@@H]2C(=O)NC(=O)O. The van der Waals surface area contributed by atoms with Crippen molar-refractivity contribution in [3.63, 3.8) is 0 Å². The van der Waals surface area contributed by atoms with E-state index >= 15 is 0 Å². The first-order valence-electron chi connectivity index (χ1n) is 6.16. The summed E-state index contributed by atoms with van der Waals surface area (Å²) in [5.41, 5.74) is 2.40. The number of aryl methyl sites for hydroxylation is 1. The van der Waals surface area contributed by atoms with Crippen LogP contribution in [0.2, 0.25) is 0 Å². The molecule has 0 aliphatic heterocycles. The molecule has 4 amide bonds. The van der Waals surface area contributed by atoms with E-state index in [-0.39, 0.29) is 6.03 Å². The first kappa shape index (κ1) is 13.9. The molecule has 0 unspecified atom stereocenters. The van der Waals surface area contributed by atoms with E-state index in [1.807, 2.05) is 5.32 Å². The number of nitrogens with one attached hydrogen (secondary N) is 3. The second kappa shape index (κ2) is 5.60. The predicted octanol–water partition coefficient (Wildman–Crippen LogP) is 1.26. The molecule has 1 aliphatic rings. The fourth-order valence-electron chi connectivity index (χ4n) is 2.35. The summed E-state index contributed by atoms with van der Waals surface area (Å²) in [6.45, 7) is 0. The maximum atomic E-state index is 11.8. The highest BCUT2D eigenvalue weighted by Gasteiger charge is 2.29. The summed E-state index contributed by atoms with van der Waals surface area (Å²) in [5.74, 6) is -0.960. The van der Waals surface area contributed by atoms with E-state index < -0.39 is 17.9 Å². The third-order valence-electron chi connectivity index (χ3n) is 3.25. The average Bonchev–Trinajstić information content (AvgIpc) is 2.80. The number of amides is 4. The van der Waals surface area contributed by atoms with Gasteiger partial charge >= 0.3 is 12.1 Å². The van der Waals surface area contributed by atoms with Gasteiger partial charge in [0.05, 0.1) is 5.92 Å². The molecular formula is C13H15N3O4. The molecule has 2 rings (SSSR count). The van der Waals surface area contributed by atoms with Gasteiger partial charge in [-0.3, -0.25) is 10.1 Å². The van der Waals surface area contributed by atoms with Gasteiger partial charge < -0.3 is 15.7 Å². The third kappa shape index (κ3) is 2.87. The van der Waals surface area contributed by atoms with Crippen LogP contribution < -0.4 is 16.0 Å². The number of hydrogen-bond acceptors (Lipinski definition) is 3. The number of benzene rings is 1. The van der Waals surface area contributed by atoms with Crippen LogP contribution in [0.4, 0.5) is 15.3 Å². The van der Waals surface area contributed by atoms with Crippen LogP contribution in [-0.4, -0.2) is 30.2 Å². The smallest absolute Gasteiger partial charge is 0.411 e. The highest BCUT2D eigenvalue weighted by Crippen LogP contribution is 2.34. The molecular weight excluding hydrogens is 262 g/mol. The van der Waals surface area contributed by atoms with E-state index in [0.717, 1.165) is 11.1 Å². The largest absolute Gasteiger partial charge is 0.465 e. The number of anilines is 1. The van der Waals surface area contributed by atoms with E-state index in [1.54, 1.807) is 18.2 Å². The summed E-state index contributed by atoms with van der Waals surface area (Å²) in [6.07, 6.45) is -0.102. The lowest BCUT2D eigenvalue weighted by Crippen LogP contribution is -2.32. The van der Waals surface area contributed by atoms with Crippen molar-refractivity contribution < 1.29 is 19.5 Å². The first-order valence-corrected chi connectivity index (χ1v) is 6.16. The Morgan fingerprint density at radius 3 is 2.70 bits per heavy atom. The first-order chi connectivity index (χ1) is 9.51. The summed E-state index contributed by atoms with van der Waals surface area (Å²) in [4.78, 5) is 33.5. The maximum Gasteiger partial charge on any atom is 0.411 e. The Balaban J connectivity index is 2.16. The summed E-state index contributed by atoms with van der Waals surface area (Å²) < 4.78 is 0. The molecule has 1 aliphatic carbocycles. The van der Waals surface area contributed by atoms with Gasteiger partial charge in [0.15, 0.2) is 0 Å². The van der Waals surface area contributed by atoms with Crippen molar-refractivity contribution in [3.05, 3.63) is 29.3 Å². The van der Waals surface area contributed by atoms with Crippen molar-refractivity contribution >= 4 is 23.7 Å². The van der Waals surface area contributed by atoms with Gasteiger partial charge in [0.2, 0.25) is 5.91 Å². The Kier molecular flexibility index (Phi) is 3.88. The number of imide groups is 1. The summed E-state index contributed by atoms with van der Waals surface area (Å²) >= 11 is 0. The molecule has 0 bridgehead atoms. The molecule has 0 heterocycles. The minimum absolute atomic E-state index is 0.317. The standard InChI is InChI=1S/C13H15N3O4/c1-14-12(18)15-8-3-5-9-7(6-8)2-4-10(9)11(17)16-13(19)20/h3,5-6,10H,2,4H2,1H3,(H,16,17)(H,19,20)(H2,14,15,18)/t10-/m0/s1. The molecule has 7 nitrogen and oxygen atoms in total. The molecule has 106 valence electrons. The highest BCUT2D eigenvalue weighted by molar-refractivity contribution is 5.96. The second-order valence-electron chi connectivity index (χ2n) is 4.50. The summed E-state index contributed by atoms with van der Waals surface area (Å²) in [7, 11) is 1.52. The second-order valence-corrected chi connectivity index (χ2v) is 4.50. The zero-order chi connectivity index (χ0) is 14.7. The summed E-state index contributed by atoms with van der Waals surface area (Å²) in [5, 5.41) is 15.6. The van der Waals surface area contributed by atoms with Crippen molar-refractivity contribution in [2.45, 2.75) is 18.8 Å². The molecule has 0 saturated carbocycles. The molecule has 7 heteroatoms. The fourth-order valence-corrected chi connectivity index (χ4v) is 2.35. The van der Waals surface area contributed by atoms with E-state index in [4.69, 9.17) is 5.11 Å². The van der Waals surface area contributed by atoms with Crippen LogP contribution in [-0.2, 0) is 11.2 Å². The van der Waals surface area contributed by atoms with Crippen LogP contribution >= 0.6 is 0 Å². The Bertz CT molecular complexity index is 571. The summed E-state index contributed by atoms with van der Waals surface area (Å²) in [6, 6.07) is 4.93. The molecule has 4 N–H and O–H groups in total. The number of carboxylic acid groups (broad SMARTS) is 1. The molecule has 1 atom stereocenters. The average molecular weight is 277 g/mol. The minimum atomic E-state index is -1.35. The molecule has 0 spiro atoms. The lowest BCUT2D eigenvalue weighted by atomic mass is 10.0. The van der Waals surface area contributed by atoms with Gasteiger partial charge in [0, 0.05) is 12.7 Å². The number of urea groups is 1. The Morgan fingerprint density at radius 1 is 1.30 bits per heavy atom. The van der Waals surface area contributed by atoms with Crippen molar-refractivity contribution in [3.8, 4) is 0 Å². The molecule has 20 heavy (non-hydrogen) atoms. The number of carbonyl (C=O) groups is 3. The van der Waals surface area contributed by atoms with Gasteiger partial charge in [0.1, 0.15) is 0 Å². The van der Waals surface area contributed by atoms with Crippen LogP contribution in [0.1, 0.15) is 23.5 Å². The number of fused-ring (bicyclic) bond motifs is 1. The van der Waals surface area contributed by atoms with Crippen molar-refractivity contribution in [2.24, 2.45) is 0 Å². The lowest BCUT2D eigenvalue weighted by molar-refractivity contribution is -0.121. The number of carbonyl (C=O) groups excluding carboxylic acids is 2. The Morgan fingerprint density at radius 2 is 2.05 bits per heavy atom. The molecule has 0 fully saturated rings. The van der Waals surface area contributed by atoms with Gasteiger partial charge in [-0.1, -0.05) is 6.07 Å². The van der Waals surface area contributed by atoms with Gasteiger partial charge in [0.25, 0.3) is 0 Å². The normalized spacial score (nSPS) is 16.1. The number of hydrogen-bond donors (Lipinski definition) is 4. The van der Waals surface area contributed by atoms with Crippen LogP contribution in [0.5, 0.6) is 0 Å². The van der Waals surface area contributed by atoms with Crippen LogP contribution in [0, 0.1) is 0 Å². The van der Waals surface area contributed by atoms with Crippen LogP contribution in [0.25, 0.3) is 0 Å².